The molecule has 1 aromatic rings. The van der Waals surface area contributed by atoms with Gasteiger partial charge in [-0.2, -0.15) is 0 Å². The maximum atomic E-state index is 11.1. The molecule has 1 aromatic heterocycles. The SMILES string of the molecule is CC1CC(C(=O)O)CN(c2ncc(Br)cn2)C1. The number of anilines is 1. The van der Waals surface area contributed by atoms with Crippen LogP contribution in [0.2, 0.25) is 0 Å². The Morgan fingerprint density at radius 1 is 1.47 bits per heavy atom. The van der Waals surface area contributed by atoms with Crippen LogP contribution in [-0.4, -0.2) is 34.1 Å². The average Bonchev–Trinajstić information content (AvgIpc) is 2.29. The van der Waals surface area contributed by atoms with Crippen LogP contribution in [0.15, 0.2) is 16.9 Å². The van der Waals surface area contributed by atoms with Crippen LogP contribution in [0.3, 0.4) is 0 Å². The van der Waals surface area contributed by atoms with Gasteiger partial charge in [-0.25, -0.2) is 9.97 Å². The monoisotopic (exact) mass is 299 g/mol. The van der Waals surface area contributed by atoms with E-state index in [1.807, 2.05) is 4.90 Å². The third-order valence-corrected chi connectivity index (χ3v) is 3.31. The molecule has 17 heavy (non-hydrogen) atoms. The van der Waals surface area contributed by atoms with Gasteiger partial charge in [-0.1, -0.05) is 6.92 Å². The second-order valence-corrected chi connectivity index (χ2v) is 5.40. The number of rotatable bonds is 2. The second kappa shape index (κ2) is 5.00. The Labute approximate surface area is 108 Å². The molecule has 0 bridgehead atoms. The van der Waals surface area contributed by atoms with Gasteiger partial charge in [0.2, 0.25) is 5.95 Å². The molecule has 1 aliphatic rings. The Bertz CT molecular complexity index is 410. The van der Waals surface area contributed by atoms with E-state index in [9.17, 15) is 4.79 Å². The largest absolute Gasteiger partial charge is 0.481 e. The van der Waals surface area contributed by atoms with E-state index in [1.165, 1.54) is 0 Å². The molecule has 2 rings (SSSR count). The van der Waals surface area contributed by atoms with E-state index < -0.39 is 5.97 Å². The average molecular weight is 300 g/mol. The van der Waals surface area contributed by atoms with E-state index in [0.29, 0.717) is 18.4 Å². The van der Waals surface area contributed by atoms with Crippen molar-refractivity contribution in [2.45, 2.75) is 13.3 Å². The molecule has 0 aromatic carbocycles. The lowest BCUT2D eigenvalue weighted by molar-refractivity contribution is -0.142. The number of hydrogen-bond acceptors (Lipinski definition) is 4. The second-order valence-electron chi connectivity index (χ2n) is 4.48. The molecule has 1 aliphatic heterocycles. The lowest BCUT2D eigenvalue weighted by atomic mass is 9.91. The number of aromatic nitrogens is 2. The zero-order valence-corrected chi connectivity index (χ0v) is 11.1. The van der Waals surface area contributed by atoms with E-state index in [4.69, 9.17) is 5.11 Å². The summed E-state index contributed by atoms with van der Waals surface area (Å²) < 4.78 is 0.820. The highest BCUT2D eigenvalue weighted by molar-refractivity contribution is 9.10. The summed E-state index contributed by atoms with van der Waals surface area (Å²) in [6.07, 6.45) is 4.08. The number of carbonyl (C=O) groups is 1. The fraction of sp³-hybridized carbons (Fsp3) is 0.545. The standard InChI is InChI=1S/C11H14BrN3O2/c1-7-2-8(10(16)17)6-15(5-7)11-13-3-9(12)4-14-11/h3-4,7-8H,2,5-6H2,1H3,(H,16,17). The van der Waals surface area contributed by atoms with Crippen molar-refractivity contribution in [3.05, 3.63) is 16.9 Å². The lowest BCUT2D eigenvalue weighted by Gasteiger charge is -2.34. The van der Waals surface area contributed by atoms with Crippen molar-refractivity contribution in [3.63, 3.8) is 0 Å². The van der Waals surface area contributed by atoms with Crippen molar-refractivity contribution in [3.8, 4) is 0 Å². The van der Waals surface area contributed by atoms with Crippen LogP contribution < -0.4 is 4.90 Å². The first-order chi connectivity index (χ1) is 8.06. The van der Waals surface area contributed by atoms with Crippen LogP contribution in [0.5, 0.6) is 0 Å². The fourth-order valence-corrected chi connectivity index (χ4v) is 2.37. The van der Waals surface area contributed by atoms with Crippen molar-refractivity contribution in [1.82, 2.24) is 9.97 Å². The molecule has 5 nitrogen and oxygen atoms in total. The third-order valence-electron chi connectivity index (χ3n) is 2.90. The number of carboxylic acids is 1. The highest BCUT2D eigenvalue weighted by atomic mass is 79.9. The van der Waals surface area contributed by atoms with Gasteiger partial charge in [0.1, 0.15) is 0 Å². The van der Waals surface area contributed by atoms with Gasteiger partial charge in [0, 0.05) is 25.5 Å². The minimum atomic E-state index is -0.737. The highest BCUT2D eigenvalue weighted by Gasteiger charge is 2.30. The van der Waals surface area contributed by atoms with Crippen LogP contribution in [-0.2, 0) is 4.79 Å². The minimum absolute atomic E-state index is 0.328. The van der Waals surface area contributed by atoms with Gasteiger partial charge in [-0.05, 0) is 28.3 Å². The van der Waals surface area contributed by atoms with Crippen LogP contribution in [0.1, 0.15) is 13.3 Å². The molecule has 6 heteroatoms. The quantitative estimate of drug-likeness (QED) is 0.902. The van der Waals surface area contributed by atoms with Gasteiger partial charge in [-0.3, -0.25) is 4.79 Å². The van der Waals surface area contributed by atoms with Crippen molar-refractivity contribution in [2.75, 3.05) is 18.0 Å². The summed E-state index contributed by atoms with van der Waals surface area (Å²) in [6, 6.07) is 0. The topological polar surface area (TPSA) is 66.3 Å². The van der Waals surface area contributed by atoms with Gasteiger partial charge < -0.3 is 10.0 Å². The Morgan fingerprint density at radius 2 is 2.12 bits per heavy atom. The fourth-order valence-electron chi connectivity index (χ4n) is 2.16. The zero-order valence-electron chi connectivity index (χ0n) is 9.51. The van der Waals surface area contributed by atoms with Gasteiger partial charge in [-0.15, -0.1) is 0 Å². The van der Waals surface area contributed by atoms with E-state index >= 15 is 0 Å². The first-order valence-corrected chi connectivity index (χ1v) is 6.31. The van der Waals surface area contributed by atoms with Crippen LogP contribution in [0, 0.1) is 11.8 Å². The number of halogens is 1. The van der Waals surface area contributed by atoms with E-state index in [2.05, 4.69) is 32.8 Å². The Kier molecular flexibility index (Phi) is 3.61. The number of hydrogen-bond donors (Lipinski definition) is 1. The molecule has 0 aliphatic carbocycles. The van der Waals surface area contributed by atoms with Gasteiger partial charge in [0.05, 0.1) is 10.4 Å². The van der Waals surface area contributed by atoms with Gasteiger partial charge in [0.25, 0.3) is 0 Å². The van der Waals surface area contributed by atoms with Gasteiger partial charge in [0.15, 0.2) is 0 Å². The van der Waals surface area contributed by atoms with Crippen LogP contribution in [0.4, 0.5) is 5.95 Å². The molecule has 0 radical (unpaired) electrons. The molecule has 1 N–H and O–H groups in total. The Hall–Kier alpha value is -1.17. The molecule has 1 fully saturated rings. The summed E-state index contributed by atoms with van der Waals surface area (Å²) in [6.45, 7) is 3.35. The summed E-state index contributed by atoms with van der Waals surface area (Å²) in [5.41, 5.74) is 0. The summed E-state index contributed by atoms with van der Waals surface area (Å²) >= 11 is 3.28. The molecule has 92 valence electrons. The van der Waals surface area contributed by atoms with E-state index in [0.717, 1.165) is 17.4 Å². The molecule has 2 atom stereocenters. The van der Waals surface area contributed by atoms with Crippen LogP contribution in [0.25, 0.3) is 0 Å². The summed E-state index contributed by atoms with van der Waals surface area (Å²) in [5.74, 6) is -0.118. The summed E-state index contributed by atoms with van der Waals surface area (Å²) in [4.78, 5) is 21.4. The van der Waals surface area contributed by atoms with Crippen molar-refractivity contribution < 1.29 is 9.90 Å². The molecule has 2 unspecified atom stereocenters. The number of carboxylic acid groups (broad SMARTS) is 1. The van der Waals surface area contributed by atoms with Crippen LogP contribution >= 0.6 is 15.9 Å². The zero-order chi connectivity index (χ0) is 12.4. The molecule has 1 saturated heterocycles. The van der Waals surface area contributed by atoms with Gasteiger partial charge >= 0.3 is 5.97 Å². The normalized spacial score (nSPS) is 24.7. The first-order valence-electron chi connectivity index (χ1n) is 5.51. The molecular formula is C11H14BrN3O2. The summed E-state index contributed by atoms with van der Waals surface area (Å²) in [5, 5.41) is 9.09. The molecule has 0 amide bonds. The maximum Gasteiger partial charge on any atom is 0.308 e. The molecule has 0 saturated carbocycles. The lowest BCUT2D eigenvalue weighted by Crippen LogP contribution is -2.43. The summed E-state index contributed by atoms with van der Waals surface area (Å²) in [7, 11) is 0. The number of aliphatic carboxylic acids is 1. The predicted octanol–water partition coefficient (Wildman–Crippen LogP) is 1.79. The predicted molar refractivity (Wildman–Crippen MR) is 66.9 cm³/mol. The third kappa shape index (κ3) is 2.94. The highest BCUT2D eigenvalue weighted by Crippen LogP contribution is 2.24. The van der Waals surface area contributed by atoms with Crippen molar-refractivity contribution in [1.29, 1.82) is 0 Å². The Balaban J connectivity index is 2.15. The van der Waals surface area contributed by atoms with Crippen molar-refractivity contribution >= 4 is 27.8 Å². The Morgan fingerprint density at radius 3 is 2.71 bits per heavy atom. The van der Waals surface area contributed by atoms with E-state index in [-0.39, 0.29) is 5.92 Å². The number of nitrogens with zero attached hydrogens (tertiary/aromatic N) is 3. The van der Waals surface area contributed by atoms with E-state index in [1.54, 1.807) is 12.4 Å². The molecule has 0 spiro atoms. The molecule has 2 heterocycles. The van der Waals surface area contributed by atoms with Crippen molar-refractivity contribution in [2.24, 2.45) is 11.8 Å². The smallest absolute Gasteiger partial charge is 0.308 e. The molecular weight excluding hydrogens is 286 g/mol. The first kappa shape index (κ1) is 12.3. The minimum Gasteiger partial charge on any atom is -0.481 e. The number of piperidine rings is 1. The maximum absolute atomic E-state index is 11.1.